The molecular formula is C88H56N8Zn. The summed E-state index contributed by atoms with van der Waals surface area (Å²) in [6.07, 6.45) is 17.1. The molecule has 14 aromatic rings. The number of hydrogen-bond donors (Lipinski definition) is 2. The summed E-state index contributed by atoms with van der Waals surface area (Å²) in [4.78, 5) is 41.6. The van der Waals surface area contributed by atoms with Crippen molar-refractivity contribution in [2.24, 2.45) is 0 Å². The molecule has 8 nitrogen and oxygen atoms in total. The summed E-state index contributed by atoms with van der Waals surface area (Å²) in [6, 6.07) is 97.7. The van der Waals surface area contributed by atoms with Crippen LogP contribution in [0.1, 0.15) is 45.6 Å². The van der Waals surface area contributed by atoms with Crippen molar-refractivity contribution in [1.29, 1.82) is 0 Å². The first-order valence-corrected chi connectivity index (χ1v) is 32.3. The van der Waals surface area contributed by atoms with Crippen LogP contribution in [0.25, 0.3) is 193 Å². The fraction of sp³-hybridized carbons (Fsp3) is 0. The molecule has 0 saturated heterocycles. The van der Waals surface area contributed by atoms with E-state index in [-0.39, 0.29) is 19.5 Å². The second kappa shape index (κ2) is 24.8. The van der Waals surface area contributed by atoms with Gasteiger partial charge in [-0.25, -0.2) is 19.9 Å². The zero-order valence-electron chi connectivity index (χ0n) is 52.6. The first-order valence-electron chi connectivity index (χ1n) is 32.3. The quantitative estimate of drug-likeness (QED) is 0.139. The Labute approximate surface area is 573 Å². The van der Waals surface area contributed by atoms with E-state index >= 15 is 0 Å². The van der Waals surface area contributed by atoms with Gasteiger partial charge in [0.2, 0.25) is 0 Å². The van der Waals surface area contributed by atoms with Crippen LogP contribution in [0.4, 0.5) is 0 Å². The van der Waals surface area contributed by atoms with E-state index < -0.39 is 0 Å². The van der Waals surface area contributed by atoms with Crippen LogP contribution in [0, 0.1) is 0 Å². The molecule has 6 aromatic heterocycles. The van der Waals surface area contributed by atoms with Crippen molar-refractivity contribution in [2.75, 3.05) is 0 Å². The van der Waals surface area contributed by atoms with Crippen LogP contribution in [0.15, 0.2) is 279 Å². The van der Waals surface area contributed by atoms with Gasteiger partial charge in [-0.15, -0.1) is 22.1 Å². The molecule has 18 rings (SSSR count). The van der Waals surface area contributed by atoms with Gasteiger partial charge >= 0.3 is 19.5 Å². The van der Waals surface area contributed by atoms with E-state index in [0.717, 1.165) is 190 Å². The van der Waals surface area contributed by atoms with E-state index in [1.807, 2.05) is 12.1 Å². The molecule has 4 aliphatic heterocycles. The molecule has 450 valence electrons. The maximum absolute atomic E-state index is 5.86. The fourth-order valence-electron chi connectivity index (χ4n) is 14.0. The Balaban J connectivity index is 0.00000709. The van der Waals surface area contributed by atoms with Gasteiger partial charge in [0.05, 0.1) is 45.6 Å². The maximum Gasteiger partial charge on any atom is 2.00 e. The number of benzene rings is 8. The van der Waals surface area contributed by atoms with E-state index in [1.165, 1.54) is 0 Å². The third-order valence-corrected chi connectivity index (χ3v) is 18.4. The molecule has 0 saturated carbocycles. The normalized spacial score (nSPS) is 12.1. The molecule has 0 spiro atoms. The minimum atomic E-state index is 0. The second-order valence-electron chi connectivity index (χ2n) is 24.2. The van der Waals surface area contributed by atoms with Crippen LogP contribution < -0.4 is 9.97 Å². The topological polar surface area (TPSA) is 111 Å². The van der Waals surface area contributed by atoms with Gasteiger partial charge in [-0.05, 0) is 151 Å². The molecule has 0 atom stereocenters. The summed E-state index contributed by atoms with van der Waals surface area (Å²) in [6.45, 7) is 0. The number of rotatable bonds is 9. The number of nitrogens with zero attached hydrogens (tertiary/aromatic N) is 6. The molecule has 10 heterocycles. The number of H-pyrrole nitrogens is 2. The molecule has 97 heavy (non-hydrogen) atoms. The van der Waals surface area contributed by atoms with Crippen molar-refractivity contribution in [1.82, 2.24) is 39.9 Å². The smallest absolute Gasteiger partial charge is 0.657 e. The van der Waals surface area contributed by atoms with Crippen LogP contribution >= 0.6 is 0 Å². The molecule has 16 bridgehead atoms. The first kappa shape index (κ1) is 58.4. The van der Waals surface area contributed by atoms with Crippen LogP contribution in [0.5, 0.6) is 0 Å². The summed E-state index contributed by atoms with van der Waals surface area (Å²) >= 11 is 0. The summed E-state index contributed by atoms with van der Waals surface area (Å²) in [5, 5.41) is 0. The predicted octanol–water partition coefficient (Wildman–Crippen LogP) is 21.9. The number of nitrogens with one attached hydrogen (secondary N) is 2. The minimum Gasteiger partial charge on any atom is -0.657 e. The Morgan fingerprint density at radius 3 is 0.753 bits per heavy atom. The SMILES string of the molecule is C1=Cc2nc1c(-c1ccccc1)c1ccc([n-]1)c(-c1ccccc1)c1nc(c(-c3ccccc3)c3[n-]c(cc3-c3ccc(-c4c5nc(c(-c6ccccc6)c6ccc([nH]6)c(-c6ccccc6)c6nc(c(-c7ccccc7)c7ccc4[nH]7)C=C6)C=C5)cc3)c2-c2ccccc2)C=C1.[Zn+2]. The third kappa shape index (κ3) is 10.6. The third-order valence-electron chi connectivity index (χ3n) is 18.4. The predicted molar refractivity (Wildman–Crippen MR) is 398 cm³/mol. The van der Waals surface area contributed by atoms with E-state index in [9.17, 15) is 0 Å². The van der Waals surface area contributed by atoms with E-state index in [4.69, 9.17) is 29.9 Å². The van der Waals surface area contributed by atoms with Gasteiger partial charge in [0.15, 0.2) is 0 Å². The monoisotopic (exact) mass is 1290 g/mol. The van der Waals surface area contributed by atoms with Gasteiger partial charge in [-0.2, -0.15) is 0 Å². The van der Waals surface area contributed by atoms with Crippen LogP contribution in [0.2, 0.25) is 0 Å². The first-order chi connectivity index (χ1) is 47.6. The minimum absolute atomic E-state index is 0. The van der Waals surface area contributed by atoms with Crippen molar-refractivity contribution in [3.63, 3.8) is 0 Å². The van der Waals surface area contributed by atoms with Crippen molar-refractivity contribution in [3.8, 4) is 100 Å². The zero-order valence-corrected chi connectivity index (χ0v) is 55.5. The Morgan fingerprint density at radius 1 is 0.206 bits per heavy atom. The summed E-state index contributed by atoms with van der Waals surface area (Å²) < 4.78 is 0. The van der Waals surface area contributed by atoms with Gasteiger partial charge in [0.25, 0.3) is 0 Å². The van der Waals surface area contributed by atoms with Gasteiger partial charge in [-0.1, -0.05) is 255 Å². The zero-order chi connectivity index (χ0) is 63.5. The molecule has 0 fully saturated rings. The molecule has 0 amide bonds. The van der Waals surface area contributed by atoms with Crippen LogP contribution in [-0.2, 0) is 19.5 Å². The average Bonchev–Trinajstić information content (AvgIpc) is 1.63. The standard InChI is InChI=1S/C88H56N8.Zn/c1-8-22-56(23-9-1)80-65-40-42-67(89-65)81(57-24-10-2-11-25-57)70-46-48-75(92-70)85(76-49-47-71(93-76)82(58-26-12-3-13-27-58)68-43-41-66(80)90-68)63-38-36-55(37-39-63)64-54-79-86(61-32-18-6-19-33-61)77-51-50-73(94-77)83(59-28-14-4-15-29-59)69-44-45-72(91-69)84(60-30-16-5-17-31-60)74-52-53-78(95-74)87(88(64)96-79)62-34-20-7-21-35-62;/h1-54,89,93H;/q-2;+2. The molecule has 4 aliphatic rings. The molecule has 0 aliphatic carbocycles. The van der Waals surface area contributed by atoms with Gasteiger partial charge in [-0.3, -0.25) is 0 Å². The fourth-order valence-corrected chi connectivity index (χ4v) is 14.0. The van der Waals surface area contributed by atoms with E-state index in [0.29, 0.717) is 0 Å². The number of fused-ring (bicyclic) bond motifs is 16. The second-order valence-corrected chi connectivity index (χ2v) is 24.2. The van der Waals surface area contributed by atoms with Gasteiger partial charge in [0.1, 0.15) is 0 Å². The molecule has 0 unspecified atom stereocenters. The Hall–Kier alpha value is -12.4. The average molecular weight is 1290 g/mol. The van der Waals surface area contributed by atoms with Gasteiger partial charge in [0, 0.05) is 44.3 Å². The molecule has 8 aromatic carbocycles. The summed E-state index contributed by atoms with van der Waals surface area (Å²) in [7, 11) is 0. The van der Waals surface area contributed by atoms with Crippen molar-refractivity contribution >= 4 is 92.7 Å². The number of hydrogen-bond acceptors (Lipinski definition) is 4. The van der Waals surface area contributed by atoms with Crippen molar-refractivity contribution in [2.45, 2.75) is 0 Å². The molecule has 9 heteroatoms. The Morgan fingerprint density at radius 2 is 0.443 bits per heavy atom. The molecule has 0 radical (unpaired) electrons. The maximum atomic E-state index is 5.86. The summed E-state index contributed by atoms with van der Waals surface area (Å²) in [5.74, 6) is 0. The van der Waals surface area contributed by atoms with Crippen molar-refractivity contribution < 1.29 is 19.5 Å². The van der Waals surface area contributed by atoms with Gasteiger partial charge < -0.3 is 19.9 Å². The van der Waals surface area contributed by atoms with Crippen molar-refractivity contribution in [3.05, 3.63) is 325 Å². The Bertz CT molecular complexity index is 5850. The largest absolute Gasteiger partial charge is 2.00 e. The van der Waals surface area contributed by atoms with E-state index in [1.54, 1.807) is 0 Å². The number of aromatic nitrogens is 8. The van der Waals surface area contributed by atoms with Crippen LogP contribution in [0.3, 0.4) is 0 Å². The summed E-state index contributed by atoms with van der Waals surface area (Å²) in [5.41, 5.74) is 31.2. The number of aromatic amines is 2. The van der Waals surface area contributed by atoms with E-state index in [2.05, 4.69) is 325 Å². The van der Waals surface area contributed by atoms with Crippen LogP contribution in [-0.4, -0.2) is 29.9 Å². The Kier molecular flexibility index (Phi) is 14.9. The molecule has 2 N–H and O–H groups in total. The molecular weight excluding hydrogens is 1230 g/mol.